The summed E-state index contributed by atoms with van der Waals surface area (Å²) in [7, 11) is 8.03. The minimum absolute atomic E-state index is 0.299. The van der Waals surface area contributed by atoms with Crippen LogP contribution in [-0.4, -0.2) is 75.0 Å². The zero-order valence-electron chi connectivity index (χ0n) is 15.0. The number of fused-ring (bicyclic) bond motifs is 1. The fourth-order valence-corrected chi connectivity index (χ4v) is 3.23. The van der Waals surface area contributed by atoms with E-state index < -0.39 is 0 Å². The second kappa shape index (κ2) is 7.42. The van der Waals surface area contributed by atoms with Gasteiger partial charge in [-0.25, -0.2) is 0 Å². The highest BCUT2D eigenvalue weighted by molar-refractivity contribution is 5.20. The molecule has 0 saturated carbocycles. The monoisotopic (exact) mass is 333 g/mol. The smallest absolute Gasteiger partial charge is 0.100 e. The number of aromatic nitrogens is 5. The molecule has 3 rings (SSSR count). The molecule has 1 aliphatic rings. The number of aryl methyl sites for hydroxylation is 2. The van der Waals surface area contributed by atoms with E-state index in [9.17, 15) is 0 Å². The Balaban J connectivity index is 1.65. The highest BCUT2D eigenvalue weighted by Crippen LogP contribution is 2.27. The van der Waals surface area contributed by atoms with Crippen molar-refractivity contribution >= 4 is 0 Å². The van der Waals surface area contributed by atoms with Crippen molar-refractivity contribution in [2.75, 3.05) is 40.4 Å². The first-order chi connectivity index (χ1) is 11.5. The van der Waals surface area contributed by atoms with Crippen molar-refractivity contribution in [3.05, 3.63) is 29.3 Å². The van der Waals surface area contributed by atoms with Crippen LogP contribution in [0, 0.1) is 0 Å². The maximum atomic E-state index is 5.91. The number of hydrogen-bond donors (Lipinski definition) is 0. The maximum absolute atomic E-state index is 5.91. The van der Waals surface area contributed by atoms with Gasteiger partial charge in [-0.05, 0) is 14.1 Å². The Hall–Kier alpha value is -1.77. The highest BCUT2D eigenvalue weighted by Gasteiger charge is 2.30. The lowest BCUT2D eigenvalue weighted by molar-refractivity contribution is 0.0834. The van der Waals surface area contributed by atoms with E-state index in [1.807, 2.05) is 29.7 Å². The zero-order valence-corrected chi connectivity index (χ0v) is 15.0. The van der Waals surface area contributed by atoms with Crippen LogP contribution in [0.3, 0.4) is 0 Å². The van der Waals surface area contributed by atoms with Crippen LogP contribution >= 0.6 is 0 Å². The predicted molar refractivity (Wildman–Crippen MR) is 90.4 cm³/mol. The molecule has 0 aliphatic carbocycles. The molecule has 0 radical (unpaired) electrons. The van der Waals surface area contributed by atoms with Gasteiger partial charge in [0.1, 0.15) is 5.69 Å². The van der Waals surface area contributed by atoms with Crippen LogP contribution in [0.2, 0.25) is 0 Å². The molecule has 1 atom stereocenters. The van der Waals surface area contributed by atoms with Crippen LogP contribution < -0.4 is 0 Å². The Kier molecular flexibility index (Phi) is 5.27. The molecule has 2 aromatic rings. The Morgan fingerprint density at radius 2 is 2.17 bits per heavy atom. The fourth-order valence-electron chi connectivity index (χ4n) is 3.23. The van der Waals surface area contributed by atoms with Gasteiger partial charge >= 0.3 is 0 Å². The van der Waals surface area contributed by atoms with Crippen molar-refractivity contribution in [2.24, 2.45) is 14.1 Å². The van der Waals surface area contributed by atoms with Gasteiger partial charge in [0.25, 0.3) is 0 Å². The van der Waals surface area contributed by atoms with E-state index >= 15 is 0 Å². The predicted octanol–water partition coefficient (Wildman–Crippen LogP) is 0.226. The Morgan fingerprint density at radius 3 is 2.88 bits per heavy atom. The van der Waals surface area contributed by atoms with Gasteiger partial charge in [-0.3, -0.25) is 14.3 Å². The molecule has 0 aromatic carbocycles. The third-order valence-electron chi connectivity index (χ3n) is 4.35. The van der Waals surface area contributed by atoms with Gasteiger partial charge in [0.15, 0.2) is 0 Å². The van der Waals surface area contributed by atoms with Gasteiger partial charge in [-0.15, -0.1) is 5.10 Å². The van der Waals surface area contributed by atoms with Crippen LogP contribution in [0.15, 0.2) is 12.4 Å². The summed E-state index contributed by atoms with van der Waals surface area (Å²) in [5.41, 5.74) is 3.49. The van der Waals surface area contributed by atoms with Crippen LogP contribution in [-0.2, 0) is 31.9 Å². The van der Waals surface area contributed by atoms with Crippen molar-refractivity contribution in [1.82, 2.24) is 34.6 Å². The molecule has 0 fully saturated rings. The minimum Gasteiger partial charge on any atom is -0.379 e. The minimum atomic E-state index is 0.299. The molecule has 1 aliphatic heterocycles. The Morgan fingerprint density at radius 1 is 1.33 bits per heavy atom. The van der Waals surface area contributed by atoms with Gasteiger partial charge < -0.3 is 9.64 Å². The SMILES string of the molecule is CN(C)CCOCC1CN(Cc2cnn(C)c2)Cc2nnn(C)c21. The summed E-state index contributed by atoms with van der Waals surface area (Å²) in [4.78, 5) is 4.53. The molecule has 132 valence electrons. The zero-order chi connectivity index (χ0) is 17.1. The maximum Gasteiger partial charge on any atom is 0.100 e. The number of nitrogens with zero attached hydrogens (tertiary/aromatic N) is 7. The van der Waals surface area contributed by atoms with Crippen LogP contribution in [0.4, 0.5) is 0 Å². The van der Waals surface area contributed by atoms with E-state index in [0.29, 0.717) is 12.5 Å². The Bertz CT molecular complexity index is 663. The first kappa shape index (κ1) is 17.1. The average molecular weight is 333 g/mol. The molecule has 2 aromatic heterocycles. The molecule has 8 nitrogen and oxygen atoms in total. The molecule has 0 amide bonds. The first-order valence-corrected chi connectivity index (χ1v) is 8.33. The summed E-state index contributed by atoms with van der Waals surface area (Å²) < 4.78 is 9.66. The van der Waals surface area contributed by atoms with E-state index in [4.69, 9.17) is 4.74 Å². The lowest BCUT2D eigenvalue weighted by Crippen LogP contribution is -2.36. The first-order valence-electron chi connectivity index (χ1n) is 8.33. The lowest BCUT2D eigenvalue weighted by atomic mass is 9.98. The molecule has 0 N–H and O–H groups in total. The van der Waals surface area contributed by atoms with Crippen molar-refractivity contribution in [1.29, 1.82) is 0 Å². The van der Waals surface area contributed by atoms with E-state index in [-0.39, 0.29) is 0 Å². The van der Waals surface area contributed by atoms with Crippen LogP contribution in [0.25, 0.3) is 0 Å². The standard InChI is InChI=1S/C16H27N7O/c1-20(2)5-6-24-12-14-10-23(9-13-7-17-21(3)8-13)11-15-16(14)22(4)19-18-15/h7-8,14H,5-6,9-12H2,1-4H3. The fraction of sp³-hybridized carbons (Fsp3) is 0.688. The number of ether oxygens (including phenoxy) is 1. The normalized spacial score (nSPS) is 18.3. The van der Waals surface area contributed by atoms with E-state index in [1.54, 1.807) is 0 Å². The van der Waals surface area contributed by atoms with Crippen molar-refractivity contribution in [3.8, 4) is 0 Å². The van der Waals surface area contributed by atoms with E-state index in [1.165, 1.54) is 11.3 Å². The van der Waals surface area contributed by atoms with Crippen molar-refractivity contribution in [2.45, 2.75) is 19.0 Å². The second-order valence-corrected chi connectivity index (χ2v) is 6.81. The topological polar surface area (TPSA) is 64.2 Å². The summed E-state index contributed by atoms with van der Waals surface area (Å²) >= 11 is 0. The summed E-state index contributed by atoms with van der Waals surface area (Å²) in [6.45, 7) is 5.02. The second-order valence-electron chi connectivity index (χ2n) is 6.81. The molecule has 0 saturated heterocycles. The van der Waals surface area contributed by atoms with Crippen molar-refractivity contribution < 1.29 is 4.74 Å². The van der Waals surface area contributed by atoms with Crippen LogP contribution in [0.1, 0.15) is 22.9 Å². The molecule has 0 bridgehead atoms. The summed E-state index contributed by atoms with van der Waals surface area (Å²) in [5.74, 6) is 0.299. The van der Waals surface area contributed by atoms with Gasteiger partial charge in [0.05, 0.1) is 25.1 Å². The molecular formula is C16H27N7O. The molecule has 8 heteroatoms. The third kappa shape index (κ3) is 4.00. The number of likely N-dealkylation sites (N-methyl/N-ethyl adjacent to an activating group) is 1. The largest absolute Gasteiger partial charge is 0.379 e. The van der Waals surface area contributed by atoms with E-state index in [0.717, 1.165) is 38.5 Å². The van der Waals surface area contributed by atoms with Gasteiger partial charge in [0, 0.05) is 58.0 Å². The Labute approximate surface area is 143 Å². The summed E-state index contributed by atoms with van der Waals surface area (Å²) in [5, 5.41) is 12.8. The lowest BCUT2D eigenvalue weighted by Gasteiger charge is -2.31. The summed E-state index contributed by atoms with van der Waals surface area (Å²) in [6.07, 6.45) is 3.99. The molecule has 24 heavy (non-hydrogen) atoms. The van der Waals surface area contributed by atoms with E-state index in [2.05, 4.69) is 45.5 Å². The third-order valence-corrected chi connectivity index (χ3v) is 4.35. The quantitative estimate of drug-likeness (QED) is 0.676. The summed E-state index contributed by atoms with van der Waals surface area (Å²) in [6, 6.07) is 0. The molecule has 1 unspecified atom stereocenters. The molecule has 3 heterocycles. The van der Waals surface area contributed by atoms with Crippen molar-refractivity contribution in [3.63, 3.8) is 0 Å². The molecular weight excluding hydrogens is 306 g/mol. The number of rotatable bonds is 7. The van der Waals surface area contributed by atoms with Gasteiger partial charge in [-0.1, -0.05) is 5.21 Å². The average Bonchev–Trinajstić information content (AvgIpc) is 3.10. The van der Waals surface area contributed by atoms with Gasteiger partial charge in [0.2, 0.25) is 0 Å². The highest BCUT2D eigenvalue weighted by atomic mass is 16.5. The molecule has 0 spiro atoms. The number of hydrogen-bond acceptors (Lipinski definition) is 6. The van der Waals surface area contributed by atoms with Gasteiger partial charge in [-0.2, -0.15) is 5.10 Å². The van der Waals surface area contributed by atoms with Crippen LogP contribution in [0.5, 0.6) is 0 Å².